The SMILES string of the molecule is CCCOCCn1ccc2ccc(Br)cc21. The smallest absolute Gasteiger partial charge is 0.0645 e. The molecule has 0 unspecified atom stereocenters. The third-order valence-corrected chi connectivity index (χ3v) is 3.05. The van der Waals surface area contributed by atoms with Crippen LogP contribution in [-0.4, -0.2) is 17.8 Å². The van der Waals surface area contributed by atoms with E-state index in [0.717, 1.165) is 30.7 Å². The molecule has 0 N–H and O–H groups in total. The quantitative estimate of drug-likeness (QED) is 0.760. The third kappa shape index (κ3) is 2.66. The van der Waals surface area contributed by atoms with Crippen LogP contribution in [0.2, 0.25) is 0 Å². The molecule has 0 aliphatic heterocycles. The molecule has 0 aliphatic rings. The number of rotatable bonds is 5. The summed E-state index contributed by atoms with van der Waals surface area (Å²) < 4.78 is 8.85. The van der Waals surface area contributed by atoms with E-state index in [0.29, 0.717) is 0 Å². The van der Waals surface area contributed by atoms with Crippen molar-refractivity contribution in [3.63, 3.8) is 0 Å². The fraction of sp³-hybridized carbons (Fsp3) is 0.385. The number of hydrogen-bond donors (Lipinski definition) is 0. The first-order valence-corrected chi connectivity index (χ1v) is 6.42. The third-order valence-electron chi connectivity index (χ3n) is 2.56. The first kappa shape index (κ1) is 11.7. The van der Waals surface area contributed by atoms with E-state index in [1.165, 1.54) is 10.9 Å². The van der Waals surface area contributed by atoms with Crippen molar-refractivity contribution in [2.45, 2.75) is 19.9 Å². The average molecular weight is 282 g/mol. The Bertz CT molecular complexity index is 464. The van der Waals surface area contributed by atoms with Crippen LogP contribution >= 0.6 is 15.9 Å². The zero-order valence-electron chi connectivity index (χ0n) is 9.45. The van der Waals surface area contributed by atoms with Gasteiger partial charge in [0.1, 0.15) is 0 Å². The lowest BCUT2D eigenvalue weighted by molar-refractivity contribution is 0.127. The number of hydrogen-bond acceptors (Lipinski definition) is 1. The molecule has 0 aliphatic carbocycles. The Morgan fingerprint density at radius 1 is 1.25 bits per heavy atom. The van der Waals surface area contributed by atoms with Crippen LogP contribution in [-0.2, 0) is 11.3 Å². The summed E-state index contributed by atoms with van der Waals surface area (Å²) in [5.41, 5.74) is 1.26. The van der Waals surface area contributed by atoms with Crippen LogP contribution in [0.3, 0.4) is 0 Å². The maximum atomic E-state index is 5.50. The topological polar surface area (TPSA) is 14.2 Å². The van der Waals surface area contributed by atoms with Gasteiger partial charge in [-0.25, -0.2) is 0 Å². The Kier molecular flexibility index (Phi) is 4.02. The molecule has 1 aromatic carbocycles. The standard InChI is InChI=1S/C13H16BrNO/c1-2-8-16-9-7-15-6-5-11-3-4-12(14)10-13(11)15/h3-6,10H,2,7-9H2,1H3. The van der Waals surface area contributed by atoms with Crippen LogP contribution in [0.25, 0.3) is 10.9 Å². The van der Waals surface area contributed by atoms with Crippen molar-refractivity contribution >= 4 is 26.8 Å². The van der Waals surface area contributed by atoms with Gasteiger partial charge in [0.15, 0.2) is 0 Å². The van der Waals surface area contributed by atoms with Crippen molar-refractivity contribution in [2.24, 2.45) is 0 Å². The minimum atomic E-state index is 0.782. The Labute approximate surface area is 104 Å². The largest absolute Gasteiger partial charge is 0.380 e. The van der Waals surface area contributed by atoms with E-state index < -0.39 is 0 Å². The molecule has 1 aromatic heterocycles. The van der Waals surface area contributed by atoms with Crippen LogP contribution in [0.15, 0.2) is 34.9 Å². The molecule has 0 fully saturated rings. The van der Waals surface area contributed by atoms with E-state index in [-0.39, 0.29) is 0 Å². The van der Waals surface area contributed by atoms with Crippen molar-refractivity contribution in [2.75, 3.05) is 13.2 Å². The summed E-state index contributed by atoms with van der Waals surface area (Å²) in [7, 11) is 0. The number of halogens is 1. The maximum Gasteiger partial charge on any atom is 0.0645 e. The Morgan fingerprint density at radius 3 is 2.94 bits per heavy atom. The van der Waals surface area contributed by atoms with Gasteiger partial charge >= 0.3 is 0 Å². The zero-order valence-corrected chi connectivity index (χ0v) is 11.0. The van der Waals surface area contributed by atoms with E-state index in [4.69, 9.17) is 4.74 Å². The van der Waals surface area contributed by atoms with E-state index in [1.807, 2.05) is 0 Å². The minimum absolute atomic E-state index is 0.782. The Balaban J connectivity index is 2.09. The predicted molar refractivity (Wildman–Crippen MR) is 70.7 cm³/mol. The van der Waals surface area contributed by atoms with Gasteiger partial charge in [-0.15, -0.1) is 0 Å². The molecule has 0 radical (unpaired) electrons. The molecule has 2 rings (SSSR count). The highest BCUT2D eigenvalue weighted by Crippen LogP contribution is 2.20. The molecular weight excluding hydrogens is 266 g/mol. The average Bonchev–Trinajstić information content (AvgIpc) is 2.67. The lowest BCUT2D eigenvalue weighted by Crippen LogP contribution is -2.05. The Morgan fingerprint density at radius 2 is 2.12 bits per heavy atom. The van der Waals surface area contributed by atoms with E-state index in [2.05, 4.69) is 57.9 Å². The summed E-state index contributed by atoms with van der Waals surface area (Å²) in [6, 6.07) is 8.49. The molecule has 2 aromatic rings. The highest BCUT2D eigenvalue weighted by Gasteiger charge is 2.01. The summed E-state index contributed by atoms with van der Waals surface area (Å²) in [6.45, 7) is 4.68. The van der Waals surface area contributed by atoms with Crippen molar-refractivity contribution in [3.05, 3.63) is 34.9 Å². The van der Waals surface area contributed by atoms with Gasteiger partial charge in [0, 0.05) is 29.3 Å². The van der Waals surface area contributed by atoms with Crippen molar-refractivity contribution in [1.29, 1.82) is 0 Å². The first-order valence-electron chi connectivity index (χ1n) is 5.63. The maximum absolute atomic E-state index is 5.50. The monoisotopic (exact) mass is 281 g/mol. The molecule has 0 bridgehead atoms. The summed E-state index contributed by atoms with van der Waals surface area (Å²) in [5, 5.41) is 1.28. The highest BCUT2D eigenvalue weighted by atomic mass is 79.9. The minimum Gasteiger partial charge on any atom is -0.380 e. The lowest BCUT2D eigenvalue weighted by Gasteiger charge is -2.06. The molecule has 0 amide bonds. The van der Waals surface area contributed by atoms with Crippen LogP contribution in [0.4, 0.5) is 0 Å². The number of ether oxygens (including phenoxy) is 1. The summed E-state index contributed by atoms with van der Waals surface area (Å²) in [6.07, 6.45) is 3.20. The molecule has 3 heteroatoms. The number of fused-ring (bicyclic) bond motifs is 1. The normalized spacial score (nSPS) is 11.1. The molecule has 0 atom stereocenters. The van der Waals surface area contributed by atoms with Crippen LogP contribution < -0.4 is 0 Å². The van der Waals surface area contributed by atoms with Crippen LogP contribution in [0, 0.1) is 0 Å². The Hall–Kier alpha value is -0.800. The second-order valence-electron chi connectivity index (χ2n) is 3.82. The number of aromatic nitrogens is 1. The lowest BCUT2D eigenvalue weighted by atomic mass is 10.2. The van der Waals surface area contributed by atoms with Gasteiger partial charge in [0.05, 0.1) is 6.61 Å². The van der Waals surface area contributed by atoms with Gasteiger partial charge in [-0.2, -0.15) is 0 Å². The molecule has 86 valence electrons. The molecule has 0 saturated carbocycles. The molecule has 0 spiro atoms. The van der Waals surface area contributed by atoms with Crippen LogP contribution in [0.5, 0.6) is 0 Å². The van der Waals surface area contributed by atoms with Gasteiger partial charge in [-0.05, 0) is 30.0 Å². The predicted octanol–water partition coefficient (Wildman–Crippen LogP) is 3.83. The van der Waals surface area contributed by atoms with Crippen molar-refractivity contribution in [1.82, 2.24) is 4.57 Å². The molecular formula is C13H16BrNO. The second-order valence-corrected chi connectivity index (χ2v) is 4.74. The van der Waals surface area contributed by atoms with Gasteiger partial charge in [-0.1, -0.05) is 28.9 Å². The number of benzene rings is 1. The number of nitrogens with zero attached hydrogens (tertiary/aromatic N) is 1. The first-order chi connectivity index (χ1) is 7.81. The summed E-state index contributed by atoms with van der Waals surface area (Å²) in [5.74, 6) is 0. The highest BCUT2D eigenvalue weighted by molar-refractivity contribution is 9.10. The van der Waals surface area contributed by atoms with Crippen molar-refractivity contribution in [3.8, 4) is 0 Å². The van der Waals surface area contributed by atoms with Gasteiger partial charge in [0.25, 0.3) is 0 Å². The molecule has 1 heterocycles. The van der Waals surface area contributed by atoms with Gasteiger partial charge in [0.2, 0.25) is 0 Å². The van der Waals surface area contributed by atoms with E-state index in [9.17, 15) is 0 Å². The summed E-state index contributed by atoms with van der Waals surface area (Å²) >= 11 is 3.50. The fourth-order valence-electron chi connectivity index (χ4n) is 1.76. The van der Waals surface area contributed by atoms with Gasteiger partial charge < -0.3 is 9.30 Å². The summed E-state index contributed by atoms with van der Waals surface area (Å²) in [4.78, 5) is 0. The van der Waals surface area contributed by atoms with E-state index >= 15 is 0 Å². The molecule has 0 saturated heterocycles. The fourth-order valence-corrected chi connectivity index (χ4v) is 2.11. The van der Waals surface area contributed by atoms with E-state index in [1.54, 1.807) is 0 Å². The molecule has 2 nitrogen and oxygen atoms in total. The van der Waals surface area contributed by atoms with Crippen LogP contribution in [0.1, 0.15) is 13.3 Å². The van der Waals surface area contributed by atoms with Gasteiger partial charge in [-0.3, -0.25) is 0 Å². The molecule has 16 heavy (non-hydrogen) atoms. The zero-order chi connectivity index (χ0) is 11.4. The second kappa shape index (κ2) is 5.51. The van der Waals surface area contributed by atoms with Crippen molar-refractivity contribution < 1.29 is 4.74 Å².